The highest BCUT2D eigenvalue weighted by molar-refractivity contribution is 6.35. The van der Waals surface area contributed by atoms with Crippen LogP contribution in [0.15, 0.2) is 85.2 Å². The molecule has 0 amide bonds. The second-order valence-electron chi connectivity index (χ2n) is 10.3. The predicted octanol–water partition coefficient (Wildman–Crippen LogP) is 6.67. The fourth-order valence-electron chi connectivity index (χ4n) is 4.98. The minimum atomic E-state index is -3.55. The van der Waals surface area contributed by atoms with Crippen molar-refractivity contribution in [2.24, 2.45) is 0 Å². The van der Waals surface area contributed by atoms with Gasteiger partial charge in [-0.1, -0.05) is 77.5 Å². The largest absolute Gasteiger partial charge is 0.390 e. The lowest BCUT2D eigenvalue weighted by atomic mass is 9.99. The molecular formula is C31H26ClF2N7O. The van der Waals surface area contributed by atoms with Crippen molar-refractivity contribution < 1.29 is 13.9 Å². The zero-order chi connectivity index (χ0) is 29.3. The summed E-state index contributed by atoms with van der Waals surface area (Å²) in [4.78, 5) is 4.36. The number of hydrogen-bond donors (Lipinski definition) is 3. The van der Waals surface area contributed by atoms with Crippen LogP contribution in [0.3, 0.4) is 0 Å². The topological polar surface area (TPSA) is 112 Å². The average molecular weight is 586 g/mol. The minimum Gasteiger partial charge on any atom is -0.390 e. The van der Waals surface area contributed by atoms with Crippen LogP contribution in [0, 0.1) is 11.3 Å². The van der Waals surface area contributed by atoms with Crippen molar-refractivity contribution in [3.8, 4) is 6.07 Å². The molecule has 0 bridgehead atoms. The summed E-state index contributed by atoms with van der Waals surface area (Å²) < 4.78 is 32.1. The van der Waals surface area contributed by atoms with Crippen molar-refractivity contribution in [2.75, 3.05) is 17.2 Å². The van der Waals surface area contributed by atoms with Crippen LogP contribution in [0.4, 0.5) is 20.2 Å². The number of nitrogens with one attached hydrogen (secondary N) is 2. The molecule has 6 rings (SSSR count). The van der Waals surface area contributed by atoms with Gasteiger partial charge < -0.3 is 15.7 Å². The quantitative estimate of drug-likeness (QED) is 0.168. The number of nitriles is 1. The summed E-state index contributed by atoms with van der Waals surface area (Å²) >= 11 is 6.70. The van der Waals surface area contributed by atoms with E-state index >= 15 is 8.78 Å². The van der Waals surface area contributed by atoms with Crippen molar-refractivity contribution >= 4 is 33.9 Å². The average Bonchev–Trinajstić information content (AvgIpc) is 3.75. The predicted molar refractivity (Wildman–Crippen MR) is 157 cm³/mol. The molecule has 3 aromatic carbocycles. The van der Waals surface area contributed by atoms with E-state index in [1.807, 2.05) is 47.3 Å². The maximum atomic E-state index is 15.1. The van der Waals surface area contributed by atoms with E-state index in [0.717, 1.165) is 18.4 Å². The summed E-state index contributed by atoms with van der Waals surface area (Å²) in [5, 5.41) is 35.2. The molecule has 0 aliphatic heterocycles. The van der Waals surface area contributed by atoms with E-state index in [0.29, 0.717) is 28.3 Å². The molecule has 42 heavy (non-hydrogen) atoms. The number of benzene rings is 3. The zero-order valence-corrected chi connectivity index (χ0v) is 23.0. The SMILES string of the molecule is N#Cc1cnc2c(Cl)cc(NC(c3ccccc3)c3cn(C4CC4)nn3)cc2c1NC(c1ccccc1)C(F)(F)CO. The Hall–Kier alpha value is -4.59. The number of rotatable bonds is 10. The van der Waals surface area contributed by atoms with E-state index in [4.69, 9.17) is 11.6 Å². The molecule has 0 spiro atoms. The Labute approximate surface area is 245 Å². The summed E-state index contributed by atoms with van der Waals surface area (Å²) in [5.41, 5.74) is 2.96. The van der Waals surface area contributed by atoms with Crippen LogP contribution in [-0.2, 0) is 0 Å². The smallest absolute Gasteiger partial charge is 0.294 e. The Balaban J connectivity index is 1.45. The normalized spacial score (nSPS) is 14.7. The van der Waals surface area contributed by atoms with Crippen molar-refractivity contribution in [1.29, 1.82) is 5.26 Å². The molecule has 1 fully saturated rings. The van der Waals surface area contributed by atoms with E-state index in [2.05, 4.69) is 25.9 Å². The summed E-state index contributed by atoms with van der Waals surface area (Å²) in [6.45, 7) is -1.39. The number of alkyl halides is 2. The van der Waals surface area contributed by atoms with Crippen LogP contribution in [0.25, 0.3) is 10.9 Å². The van der Waals surface area contributed by atoms with Gasteiger partial charge in [0.2, 0.25) is 0 Å². The molecule has 1 aliphatic carbocycles. The van der Waals surface area contributed by atoms with Crippen LogP contribution in [0.5, 0.6) is 0 Å². The first-order chi connectivity index (χ1) is 20.4. The third kappa shape index (κ3) is 5.49. The van der Waals surface area contributed by atoms with Crippen LogP contribution < -0.4 is 10.6 Å². The number of aliphatic hydroxyl groups excluding tert-OH is 1. The fourth-order valence-corrected chi connectivity index (χ4v) is 5.25. The molecule has 2 atom stereocenters. The lowest BCUT2D eigenvalue weighted by Gasteiger charge is -2.28. The summed E-state index contributed by atoms with van der Waals surface area (Å²) in [6, 6.07) is 21.6. The van der Waals surface area contributed by atoms with E-state index < -0.39 is 24.6 Å². The molecule has 0 saturated heterocycles. The first-order valence-corrected chi connectivity index (χ1v) is 13.8. The number of halogens is 3. The molecule has 2 aromatic heterocycles. The number of anilines is 2. The van der Waals surface area contributed by atoms with Gasteiger partial charge >= 0.3 is 0 Å². The molecule has 2 heterocycles. The van der Waals surface area contributed by atoms with Crippen LogP contribution in [-0.4, -0.2) is 37.6 Å². The summed E-state index contributed by atoms with van der Waals surface area (Å²) in [6.07, 6.45) is 5.35. The van der Waals surface area contributed by atoms with Crippen LogP contribution in [0.1, 0.15) is 53.4 Å². The van der Waals surface area contributed by atoms with Crippen molar-refractivity contribution in [3.63, 3.8) is 0 Å². The van der Waals surface area contributed by atoms with Gasteiger partial charge in [-0.25, -0.2) is 13.5 Å². The highest BCUT2D eigenvalue weighted by Crippen LogP contribution is 2.40. The molecule has 5 aromatic rings. The Morgan fingerprint density at radius 2 is 1.74 bits per heavy atom. The van der Waals surface area contributed by atoms with Gasteiger partial charge in [0.15, 0.2) is 0 Å². The second-order valence-corrected chi connectivity index (χ2v) is 10.7. The fraction of sp³-hybridized carbons (Fsp3) is 0.226. The van der Waals surface area contributed by atoms with E-state index in [1.54, 1.807) is 30.3 Å². The van der Waals surface area contributed by atoms with Gasteiger partial charge in [0, 0.05) is 17.3 Å². The number of aliphatic hydroxyl groups is 1. The van der Waals surface area contributed by atoms with Crippen molar-refractivity contribution in [2.45, 2.75) is 36.9 Å². The highest BCUT2D eigenvalue weighted by atomic mass is 35.5. The van der Waals surface area contributed by atoms with Gasteiger partial charge in [-0.3, -0.25) is 4.98 Å². The minimum absolute atomic E-state index is 0.0531. The standard InChI is InChI=1S/C31H26ClF2N7O/c32-25-14-22(37-28(19-7-3-1-4-8-19)26-17-41(40-39-26)23-11-12-23)13-24-27(21(15-35)16-36-29(24)25)38-30(31(33,34)18-42)20-9-5-2-6-10-20/h1-10,13-14,16-17,23,28,30,37,42H,11-12,18H2,(H,36,38). The Morgan fingerprint density at radius 1 is 1.05 bits per heavy atom. The number of pyridine rings is 1. The lowest BCUT2D eigenvalue weighted by molar-refractivity contribution is -0.0657. The molecule has 3 N–H and O–H groups in total. The Bertz CT molecular complexity index is 1750. The lowest BCUT2D eigenvalue weighted by Crippen LogP contribution is -2.35. The first-order valence-electron chi connectivity index (χ1n) is 13.4. The third-order valence-corrected chi connectivity index (χ3v) is 7.58. The zero-order valence-electron chi connectivity index (χ0n) is 22.3. The maximum Gasteiger partial charge on any atom is 0.294 e. The number of fused-ring (bicyclic) bond motifs is 1. The van der Waals surface area contributed by atoms with Gasteiger partial charge in [-0.05, 0) is 36.1 Å². The molecular weight excluding hydrogens is 560 g/mol. The van der Waals surface area contributed by atoms with Crippen LogP contribution in [0.2, 0.25) is 5.02 Å². The number of aromatic nitrogens is 4. The molecule has 2 unspecified atom stereocenters. The van der Waals surface area contributed by atoms with Gasteiger partial charge in [0.1, 0.15) is 24.4 Å². The monoisotopic (exact) mass is 585 g/mol. The Kier molecular flexibility index (Phi) is 7.45. The first kappa shape index (κ1) is 27.6. The molecule has 0 radical (unpaired) electrons. The summed E-state index contributed by atoms with van der Waals surface area (Å²) in [7, 11) is 0. The van der Waals surface area contributed by atoms with Gasteiger partial charge in [-0.2, -0.15) is 5.26 Å². The van der Waals surface area contributed by atoms with Gasteiger partial charge in [-0.15, -0.1) is 5.10 Å². The molecule has 8 nitrogen and oxygen atoms in total. The number of nitrogens with zero attached hydrogens (tertiary/aromatic N) is 5. The van der Waals surface area contributed by atoms with Crippen molar-refractivity contribution in [3.05, 3.63) is 113 Å². The second kappa shape index (κ2) is 11.4. The van der Waals surface area contributed by atoms with Gasteiger partial charge in [0.05, 0.1) is 40.1 Å². The highest BCUT2D eigenvalue weighted by Gasteiger charge is 2.41. The molecule has 11 heteroatoms. The third-order valence-electron chi connectivity index (χ3n) is 7.29. The molecule has 1 saturated carbocycles. The van der Waals surface area contributed by atoms with E-state index in [-0.39, 0.29) is 21.8 Å². The van der Waals surface area contributed by atoms with Gasteiger partial charge in [0.25, 0.3) is 5.92 Å². The Morgan fingerprint density at radius 3 is 2.38 bits per heavy atom. The number of hydrogen-bond acceptors (Lipinski definition) is 7. The molecule has 1 aliphatic rings. The van der Waals surface area contributed by atoms with E-state index in [1.165, 1.54) is 18.3 Å². The van der Waals surface area contributed by atoms with Crippen LogP contribution >= 0.6 is 11.6 Å². The van der Waals surface area contributed by atoms with Crippen molar-refractivity contribution in [1.82, 2.24) is 20.0 Å². The van der Waals surface area contributed by atoms with E-state index in [9.17, 15) is 10.4 Å². The maximum absolute atomic E-state index is 15.1. The molecule has 212 valence electrons. The summed E-state index contributed by atoms with van der Waals surface area (Å²) in [5.74, 6) is -3.55.